The number of fused-ring (bicyclic) bond motifs is 1. The fraction of sp³-hybridized carbons (Fsp3) is 0.552. The van der Waals surface area contributed by atoms with E-state index in [1.807, 2.05) is 44.2 Å². The fourth-order valence-electron chi connectivity index (χ4n) is 6.43. The Labute approximate surface area is 238 Å². The van der Waals surface area contributed by atoms with Crippen molar-refractivity contribution in [3.8, 4) is 0 Å². The van der Waals surface area contributed by atoms with E-state index in [0.717, 1.165) is 5.56 Å². The monoisotopic (exact) mass is 603 g/mol. The number of nitrogens with zero attached hydrogens (tertiary/aromatic N) is 3. The molecule has 0 aliphatic carbocycles. The summed E-state index contributed by atoms with van der Waals surface area (Å²) in [5, 5.41) is 9.47. The third-order valence-electron chi connectivity index (χ3n) is 7.98. The Hall–Kier alpha value is -2.10. The average molecular weight is 605 g/mol. The fourth-order valence-corrected chi connectivity index (χ4v) is 10.0. The number of alkyl halides is 1. The Morgan fingerprint density at radius 1 is 1.21 bits per heavy atom. The molecule has 3 aliphatic heterocycles. The van der Waals surface area contributed by atoms with Crippen LogP contribution in [0.15, 0.2) is 55.6 Å². The van der Waals surface area contributed by atoms with Crippen molar-refractivity contribution in [2.24, 2.45) is 11.8 Å². The predicted octanol–water partition coefficient (Wildman–Crippen LogP) is 3.47. The molecular formula is C29H38BrN3O4S. The number of rotatable bonds is 12. The second kappa shape index (κ2) is 12.0. The van der Waals surface area contributed by atoms with Crippen LogP contribution in [0.25, 0.3) is 0 Å². The molecule has 0 saturated carbocycles. The van der Waals surface area contributed by atoms with Gasteiger partial charge in [-0.05, 0) is 32.3 Å². The summed E-state index contributed by atoms with van der Waals surface area (Å²) >= 11 is 5.48. The molecule has 3 aliphatic rings. The number of hydrogen-bond acceptors (Lipinski definition) is 5. The van der Waals surface area contributed by atoms with Crippen LogP contribution in [0.5, 0.6) is 0 Å². The Bertz CT molecular complexity index is 1070. The number of amides is 3. The van der Waals surface area contributed by atoms with E-state index in [0.29, 0.717) is 32.5 Å². The van der Waals surface area contributed by atoms with Crippen LogP contribution in [0.3, 0.4) is 0 Å². The summed E-state index contributed by atoms with van der Waals surface area (Å²) in [4.78, 5) is 47.7. The molecule has 1 aromatic carbocycles. The molecule has 7 nitrogen and oxygen atoms in total. The zero-order chi connectivity index (χ0) is 27.6. The molecule has 4 rings (SSSR count). The van der Waals surface area contributed by atoms with Gasteiger partial charge in [0.2, 0.25) is 17.7 Å². The molecule has 3 unspecified atom stereocenters. The van der Waals surface area contributed by atoms with Crippen LogP contribution in [-0.2, 0) is 20.9 Å². The SMILES string of the molecule is C=CCN(Cc1ccccc1)C(=O)[C@H]1[C@H]2C(=O)N(CCCO)C(C(=O)N(CC=C)C(C)C)C23CC(Br)[C@@H]1S3. The molecule has 3 heterocycles. The zero-order valence-corrected chi connectivity index (χ0v) is 24.6. The van der Waals surface area contributed by atoms with Crippen molar-refractivity contribution < 1.29 is 19.5 Å². The molecule has 206 valence electrons. The first-order valence-corrected chi connectivity index (χ1v) is 15.1. The van der Waals surface area contributed by atoms with E-state index in [1.165, 1.54) is 0 Å². The minimum Gasteiger partial charge on any atom is -0.396 e. The van der Waals surface area contributed by atoms with Crippen molar-refractivity contribution in [3.05, 3.63) is 61.2 Å². The zero-order valence-electron chi connectivity index (χ0n) is 22.2. The second-order valence-corrected chi connectivity index (χ2v) is 13.4. The minimum absolute atomic E-state index is 0.00722. The van der Waals surface area contributed by atoms with Crippen LogP contribution in [0, 0.1) is 11.8 Å². The summed E-state index contributed by atoms with van der Waals surface area (Å²) in [6, 6.07) is 9.05. The van der Waals surface area contributed by atoms with Gasteiger partial charge in [-0.25, -0.2) is 0 Å². The predicted molar refractivity (Wildman–Crippen MR) is 155 cm³/mol. The number of hydrogen-bond donors (Lipinski definition) is 1. The largest absolute Gasteiger partial charge is 0.396 e. The average Bonchev–Trinajstić information content (AvgIpc) is 3.48. The molecule has 1 aromatic rings. The molecule has 0 radical (unpaired) electrons. The Morgan fingerprint density at radius 3 is 2.50 bits per heavy atom. The van der Waals surface area contributed by atoms with Crippen molar-refractivity contribution in [1.82, 2.24) is 14.7 Å². The van der Waals surface area contributed by atoms with Crippen LogP contribution in [0.2, 0.25) is 0 Å². The number of thioether (sulfide) groups is 1. The van der Waals surface area contributed by atoms with Gasteiger partial charge in [0.1, 0.15) is 6.04 Å². The number of benzene rings is 1. The van der Waals surface area contributed by atoms with Crippen LogP contribution in [0.1, 0.15) is 32.3 Å². The van der Waals surface area contributed by atoms with E-state index < -0.39 is 22.6 Å². The molecule has 1 N–H and O–H groups in total. The minimum atomic E-state index is -0.705. The summed E-state index contributed by atoms with van der Waals surface area (Å²) in [5.41, 5.74) is 1.01. The molecule has 3 amide bonds. The van der Waals surface area contributed by atoms with E-state index in [1.54, 1.807) is 38.6 Å². The quantitative estimate of drug-likeness (QED) is 0.292. The number of halogens is 1. The summed E-state index contributed by atoms with van der Waals surface area (Å²) in [5.74, 6) is -1.47. The smallest absolute Gasteiger partial charge is 0.247 e. The van der Waals surface area contributed by atoms with Crippen molar-refractivity contribution in [2.45, 2.75) is 60.1 Å². The van der Waals surface area contributed by atoms with E-state index in [-0.39, 0.29) is 47.0 Å². The first kappa shape index (κ1) is 28.9. The first-order valence-electron chi connectivity index (χ1n) is 13.3. The van der Waals surface area contributed by atoms with Crippen molar-refractivity contribution in [3.63, 3.8) is 0 Å². The molecule has 1 spiro atoms. The molecule has 9 heteroatoms. The molecular weight excluding hydrogens is 566 g/mol. The molecule has 6 atom stereocenters. The van der Waals surface area contributed by atoms with E-state index in [2.05, 4.69) is 29.1 Å². The molecule has 3 fully saturated rings. The molecule has 38 heavy (non-hydrogen) atoms. The highest BCUT2D eigenvalue weighted by molar-refractivity contribution is 9.09. The second-order valence-electron chi connectivity index (χ2n) is 10.6. The van der Waals surface area contributed by atoms with Crippen molar-refractivity contribution >= 4 is 45.4 Å². The Balaban J connectivity index is 1.73. The maximum absolute atomic E-state index is 14.2. The van der Waals surface area contributed by atoms with Crippen LogP contribution in [-0.4, -0.2) is 90.7 Å². The van der Waals surface area contributed by atoms with Gasteiger partial charge in [-0.3, -0.25) is 14.4 Å². The van der Waals surface area contributed by atoms with Crippen molar-refractivity contribution in [1.29, 1.82) is 0 Å². The normalized spacial score (nSPS) is 29.4. The van der Waals surface area contributed by atoms with Gasteiger partial charge in [-0.2, -0.15) is 0 Å². The van der Waals surface area contributed by atoms with Gasteiger partial charge in [0.25, 0.3) is 0 Å². The highest BCUT2D eigenvalue weighted by Crippen LogP contribution is 2.68. The molecule has 0 aromatic heterocycles. The van der Waals surface area contributed by atoms with Crippen molar-refractivity contribution in [2.75, 3.05) is 26.2 Å². The standard InChI is InChI=1S/C29H38BrN3O4S/c1-5-13-31(18-20-11-8-7-9-12-20)26(35)22-23-27(36)33(15-10-16-34)25(28(37)32(14-6-2)19(3)4)29(23)17-21(30)24(22)38-29/h5-9,11-12,19,21-25,34H,1-2,10,13-18H2,3-4H3/t21?,22-,23-,24-,25?,29?/m0/s1. The summed E-state index contributed by atoms with van der Waals surface area (Å²) in [7, 11) is 0. The van der Waals surface area contributed by atoms with Gasteiger partial charge >= 0.3 is 0 Å². The Kier molecular flexibility index (Phi) is 9.10. The number of carbonyl (C=O) groups is 3. The topological polar surface area (TPSA) is 81.2 Å². The lowest BCUT2D eigenvalue weighted by Crippen LogP contribution is -2.57. The third kappa shape index (κ3) is 4.97. The third-order valence-corrected chi connectivity index (χ3v) is 11.2. The van der Waals surface area contributed by atoms with Gasteiger partial charge in [-0.15, -0.1) is 24.9 Å². The number of carbonyl (C=O) groups excluding carboxylic acids is 3. The van der Waals surface area contributed by atoms with Crippen LogP contribution >= 0.6 is 27.7 Å². The highest BCUT2D eigenvalue weighted by Gasteiger charge is 2.76. The lowest BCUT2D eigenvalue weighted by molar-refractivity contribution is -0.145. The highest BCUT2D eigenvalue weighted by atomic mass is 79.9. The summed E-state index contributed by atoms with van der Waals surface area (Å²) in [6.45, 7) is 13.0. The summed E-state index contributed by atoms with van der Waals surface area (Å²) < 4.78 is -0.705. The maximum Gasteiger partial charge on any atom is 0.247 e. The number of aliphatic hydroxyl groups is 1. The molecule has 2 bridgehead atoms. The number of aliphatic hydroxyl groups excluding tert-OH is 1. The van der Waals surface area contributed by atoms with Crippen LogP contribution < -0.4 is 0 Å². The van der Waals surface area contributed by atoms with Gasteiger partial charge in [0.05, 0.1) is 16.6 Å². The van der Waals surface area contributed by atoms with E-state index in [4.69, 9.17) is 0 Å². The number of likely N-dealkylation sites (tertiary alicyclic amines) is 1. The van der Waals surface area contributed by atoms with Crippen LogP contribution in [0.4, 0.5) is 0 Å². The molecule has 3 saturated heterocycles. The first-order chi connectivity index (χ1) is 18.2. The lowest BCUT2D eigenvalue weighted by Gasteiger charge is -2.39. The Morgan fingerprint density at radius 2 is 1.89 bits per heavy atom. The van der Waals surface area contributed by atoms with Gasteiger partial charge < -0.3 is 19.8 Å². The van der Waals surface area contributed by atoms with Gasteiger partial charge in [-0.1, -0.05) is 58.4 Å². The maximum atomic E-state index is 14.2. The van der Waals surface area contributed by atoms with Gasteiger partial charge in [0.15, 0.2) is 0 Å². The lowest BCUT2D eigenvalue weighted by atomic mass is 9.70. The van der Waals surface area contributed by atoms with Gasteiger partial charge in [0, 0.05) is 48.9 Å². The van der Waals surface area contributed by atoms with E-state index in [9.17, 15) is 19.5 Å². The summed E-state index contributed by atoms with van der Waals surface area (Å²) in [6.07, 6.45) is 4.43. The van der Waals surface area contributed by atoms with E-state index >= 15 is 0 Å².